The quantitative estimate of drug-likeness (QED) is 0.790. The Balaban J connectivity index is 1.70. The third-order valence-electron chi connectivity index (χ3n) is 3.20. The fourth-order valence-electron chi connectivity index (χ4n) is 2.17. The third kappa shape index (κ3) is 4.45. The fourth-order valence-corrected chi connectivity index (χ4v) is 2.94. The minimum Gasteiger partial charge on any atom is -0.476 e. The lowest BCUT2D eigenvalue weighted by molar-refractivity contribution is -0.120. The maximum absolute atomic E-state index is 11.8. The van der Waals surface area contributed by atoms with E-state index >= 15 is 0 Å². The van der Waals surface area contributed by atoms with E-state index in [4.69, 9.17) is 5.11 Å². The summed E-state index contributed by atoms with van der Waals surface area (Å²) < 4.78 is 0. The summed E-state index contributed by atoms with van der Waals surface area (Å²) in [5, 5.41) is 13.9. The van der Waals surface area contributed by atoms with Gasteiger partial charge < -0.3 is 10.4 Å². The SMILES string of the molecule is O=C(CC1=CCCCC1)NCCc1nc(C(=O)O)cs1. The Morgan fingerprint density at radius 2 is 2.25 bits per heavy atom. The molecule has 1 aromatic heterocycles. The highest BCUT2D eigenvalue weighted by Crippen LogP contribution is 2.19. The number of hydrogen-bond acceptors (Lipinski definition) is 4. The van der Waals surface area contributed by atoms with Crippen LogP contribution in [0.4, 0.5) is 0 Å². The van der Waals surface area contributed by atoms with Gasteiger partial charge in [0.15, 0.2) is 5.69 Å². The standard InChI is InChI=1S/C14H18N2O3S/c17-12(8-10-4-2-1-3-5-10)15-7-6-13-16-11(9-20-13)14(18)19/h4,9H,1-3,5-8H2,(H,15,17)(H,18,19). The fraction of sp³-hybridized carbons (Fsp3) is 0.500. The summed E-state index contributed by atoms with van der Waals surface area (Å²) in [5.41, 5.74) is 1.31. The van der Waals surface area contributed by atoms with Crippen molar-refractivity contribution in [1.29, 1.82) is 0 Å². The molecule has 0 radical (unpaired) electrons. The van der Waals surface area contributed by atoms with Crippen molar-refractivity contribution >= 4 is 23.2 Å². The minimum atomic E-state index is -1.01. The van der Waals surface area contributed by atoms with E-state index in [1.807, 2.05) is 0 Å². The average Bonchev–Trinajstić information content (AvgIpc) is 2.89. The van der Waals surface area contributed by atoms with E-state index < -0.39 is 5.97 Å². The second kappa shape index (κ2) is 7.19. The molecule has 5 nitrogen and oxygen atoms in total. The molecule has 0 atom stereocenters. The lowest BCUT2D eigenvalue weighted by Gasteiger charge is -2.12. The van der Waals surface area contributed by atoms with Gasteiger partial charge in [0.05, 0.1) is 5.01 Å². The van der Waals surface area contributed by atoms with Gasteiger partial charge in [0.1, 0.15) is 0 Å². The maximum Gasteiger partial charge on any atom is 0.355 e. The molecule has 1 aliphatic rings. The van der Waals surface area contributed by atoms with Crippen molar-refractivity contribution < 1.29 is 14.7 Å². The highest BCUT2D eigenvalue weighted by molar-refractivity contribution is 7.09. The number of carbonyl (C=O) groups excluding carboxylic acids is 1. The van der Waals surface area contributed by atoms with Gasteiger partial charge in [-0.2, -0.15) is 0 Å². The normalized spacial score (nSPS) is 14.7. The molecule has 108 valence electrons. The van der Waals surface area contributed by atoms with Gasteiger partial charge in [-0.3, -0.25) is 4.79 Å². The van der Waals surface area contributed by atoms with Gasteiger partial charge in [0.25, 0.3) is 0 Å². The number of amides is 1. The number of aromatic carboxylic acids is 1. The monoisotopic (exact) mass is 294 g/mol. The van der Waals surface area contributed by atoms with E-state index in [-0.39, 0.29) is 11.6 Å². The molecule has 0 fully saturated rings. The molecule has 1 amide bonds. The first kappa shape index (κ1) is 14.7. The van der Waals surface area contributed by atoms with Gasteiger partial charge >= 0.3 is 5.97 Å². The summed E-state index contributed by atoms with van der Waals surface area (Å²) in [6, 6.07) is 0. The first-order valence-electron chi connectivity index (χ1n) is 6.77. The first-order chi connectivity index (χ1) is 9.65. The van der Waals surface area contributed by atoms with Gasteiger partial charge in [-0.05, 0) is 25.7 Å². The van der Waals surface area contributed by atoms with Crippen LogP contribution in [0.1, 0.15) is 47.6 Å². The number of carbonyl (C=O) groups is 2. The predicted octanol–water partition coefficient (Wildman–Crippen LogP) is 2.39. The molecular formula is C14H18N2O3S. The number of hydrogen-bond donors (Lipinski definition) is 2. The summed E-state index contributed by atoms with van der Waals surface area (Å²) in [5.74, 6) is -0.978. The first-order valence-corrected chi connectivity index (χ1v) is 7.65. The summed E-state index contributed by atoms with van der Waals surface area (Å²) >= 11 is 1.31. The second-order valence-electron chi connectivity index (χ2n) is 4.82. The zero-order valence-electron chi connectivity index (χ0n) is 11.2. The topological polar surface area (TPSA) is 79.3 Å². The summed E-state index contributed by atoms with van der Waals surface area (Å²) in [6.45, 7) is 0.499. The van der Waals surface area contributed by atoms with E-state index in [9.17, 15) is 9.59 Å². The number of allylic oxidation sites excluding steroid dienone is 1. The number of aromatic nitrogens is 1. The molecule has 2 N–H and O–H groups in total. The van der Waals surface area contributed by atoms with Crippen molar-refractivity contribution in [3.63, 3.8) is 0 Å². The maximum atomic E-state index is 11.8. The lowest BCUT2D eigenvalue weighted by atomic mass is 9.97. The number of nitrogens with zero attached hydrogens (tertiary/aromatic N) is 1. The van der Waals surface area contributed by atoms with Crippen molar-refractivity contribution in [2.45, 2.75) is 38.5 Å². The van der Waals surface area contributed by atoms with E-state index in [0.717, 1.165) is 17.8 Å². The number of rotatable bonds is 6. The van der Waals surface area contributed by atoms with Crippen LogP contribution in [0.3, 0.4) is 0 Å². The molecule has 0 saturated carbocycles. The van der Waals surface area contributed by atoms with Gasteiger partial charge in [-0.25, -0.2) is 9.78 Å². The molecular weight excluding hydrogens is 276 g/mol. The molecule has 0 bridgehead atoms. The number of carboxylic acid groups (broad SMARTS) is 1. The van der Waals surface area contributed by atoms with Gasteiger partial charge in [-0.15, -0.1) is 11.3 Å². The Labute approximate surface area is 121 Å². The van der Waals surface area contributed by atoms with Crippen LogP contribution in [0.25, 0.3) is 0 Å². The van der Waals surface area contributed by atoms with E-state index in [2.05, 4.69) is 16.4 Å². The van der Waals surface area contributed by atoms with Gasteiger partial charge in [-0.1, -0.05) is 11.6 Å². The Kier molecular flexibility index (Phi) is 5.29. The zero-order valence-corrected chi connectivity index (χ0v) is 12.0. The number of thiazole rings is 1. The van der Waals surface area contributed by atoms with Crippen LogP contribution >= 0.6 is 11.3 Å². The molecule has 0 saturated heterocycles. The van der Waals surface area contributed by atoms with Gasteiger partial charge in [0.2, 0.25) is 5.91 Å². The van der Waals surface area contributed by atoms with Crippen LogP contribution in [0, 0.1) is 0 Å². The third-order valence-corrected chi connectivity index (χ3v) is 4.11. The molecule has 1 aromatic rings. The molecule has 1 aliphatic carbocycles. The summed E-state index contributed by atoms with van der Waals surface area (Å²) in [6.07, 6.45) is 7.74. The van der Waals surface area contributed by atoms with Crippen molar-refractivity contribution in [3.8, 4) is 0 Å². The molecule has 20 heavy (non-hydrogen) atoms. The van der Waals surface area contributed by atoms with Crippen LogP contribution < -0.4 is 5.32 Å². The highest BCUT2D eigenvalue weighted by Gasteiger charge is 2.10. The second-order valence-corrected chi connectivity index (χ2v) is 5.76. The molecule has 6 heteroatoms. The van der Waals surface area contributed by atoms with Gasteiger partial charge in [0, 0.05) is 24.8 Å². The van der Waals surface area contributed by atoms with Crippen LogP contribution in [-0.2, 0) is 11.2 Å². The van der Waals surface area contributed by atoms with Crippen LogP contribution in [-0.4, -0.2) is 28.5 Å². The van der Waals surface area contributed by atoms with E-state index in [0.29, 0.717) is 19.4 Å². The van der Waals surface area contributed by atoms with E-state index in [1.54, 1.807) is 0 Å². The van der Waals surface area contributed by atoms with Crippen molar-refractivity contribution in [3.05, 3.63) is 27.7 Å². The molecule has 0 unspecified atom stereocenters. The highest BCUT2D eigenvalue weighted by atomic mass is 32.1. The molecule has 2 rings (SSSR count). The van der Waals surface area contributed by atoms with Crippen LogP contribution in [0.15, 0.2) is 17.0 Å². The van der Waals surface area contributed by atoms with Crippen molar-refractivity contribution in [2.24, 2.45) is 0 Å². The molecule has 1 heterocycles. The van der Waals surface area contributed by atoms with Crippen LogP contribution in [0.5, 0.6) is 0 Å². The Morgan fingerprint density at radius 1 is 1.40 bits per heavy atom. The Hall–Kier alpha value is -1.69. The smallest absolute Gasteiger partial charge is 0.355 e. The van der Waals surface area contributed by atoms with Crippen molar-refractivity contribution in [1.82, 2.24) is 10.3 Å². The van der Waals surface area contributed by atoms with Crippen molar-refractivity contribution in [2.75, 3.05) is 6.54 Å². The largest absolute Gasteiger partial charge is 0.476 e. The van der Waals surface area contributed by atoms with E-state index in [1.165, 1.54) is 35.1 Å². The Morgan fingerprint density at radius 3 is 2.90 bits per heavy atom. The predicted molar refractivity (Wildman–Crippen MR) is 77.0 cm³/mol. The lowest BCUT2D eigenvalue weighted by Crippen LogP contribution is -2.26. The number of nitrogens with one attached hydrogen (secondary N) is 1. The van der Waals surface area contributed by atoms with Crippen LogP contribution in [0.2, 0.25) is 0 Å². The molecule has 0 aliphatic heterocycles. The summed E-state index contributed by atoms with van der Waals surface area (Å²) in [7, 11) is 0. The molecule has 0 aromatic carbocycles. The average molecular weight is 294 g/mol. The number of carboxylic acids is 1. The summed E-state index contributed by atoms with van der Waals surface area (Å²) in [4.78, 5) is 26.4. The molecule has 0 spiro atoms. The minimum absolute atomic E-state index is 0.0353. The Bertz CT molecular complexity index is 522. The zero-order chi connectivity index (χ0) is 14.4.